The Hall–Kier alpha value is -3.64. The fourth-order valence-electron chi connectivity index (χ4n) is 3.35. The Labute approximate surface area is 183 Å². The lowest BCUT2D eigenvalue weighted by Gasteiger charge is -2.12. The molecule has 0 unspecified atom stereocenters. The summed E-state index contributed by atoms with van der Waals surface area (Å²) >= 11 is 1.46. The number of para-hydroxylation sites is 2. The second kappa shape index (κ2) is 8.24. The van der Waals surface area contributed by atoms with Crippen molar-refractivity contribution >= 4 is 22.7 Å². The van der Waals surface area contributed by atoms with Crippen molar-refractivity contribution in [2.75, 3.05) is 0 Å². The molecule has 6 heteroatoms. The minimum atomic E-state index is -0.0835. The normalized spacial score (nSPS) is 11.1. The third-order valence-corrected chi connectivity index (χ3v) is 5.93. The van der Waals surface area contributed by atoms with Crippen LogP contribution in [0.4, 0.5) is 0 Å². The topological polar surface area (TPSA) is 60.9 Å². The molecule has 5 rings (SSSR count). The van der Waals surface area contributed by atoms with Gasteiger partial charge in [-0.2, -0.15) is 0 Å². The molecule has 2 aromatic heterocycles. The first-order valence-corrected chi connectivity index (χ1v) is 10.9. The Morgan fingerprint density at radius 2 is 1.65 bits per heavy atom. The van der Waals surface area contributed by atoms with Crippen LogP contribution in [0.25, 0.3) is 28.0 Å². The van der Waals surface area contributed by atoms with Crippen LogP contribution < -0.4 is 5.56 Å². The van der Waals surface area contributed by atoms with Crippen LogP contribution in [0.2, 0.25) is 0 Å². The molecule has 5 nitrogen and oxygen atoms in total. The van der Waals surface area contributed by atoms with Crippen molar-refractivity contribution in [1.29, 1.82) is 0 Å². The molecule has 0 saturated carbocycles. The lowest BCUT2D eigenvalue weighted by molar-refractivity contribution is 0.573. The van der Waals surface area contributed by atoms with Crippen LogP contribution in [0.3, 0.4) is 0 Å². The quantitative estimate of drug-likeness (QED) is 0.269. The summed E-state index contributed by atoms with van der Waals surface area (Å²) in [6, 6.07) is 25.1. The third-order valence-electron chi connectivity index (χ3n) is 4.96. The van der Waals surface area contributed by atoms with Gasteiger partial charge in [0.15, 0.2) is 5.16 Å². The predicted octanol–water partition coefficient (Wildman–Crippen LogP) is 5.64. The summed E-state index contributed by atoms with van der Waals surface area (Å²) in [4.78, 5) is 22.6. The average molecular weight is 426 g/mol. The van der Waals surface area contributed by atoms with Gasteiger partial charge in [0.2, 0.25) is 5.89 Å². The van der Waals surface area contributed by atoms with Crippen LogP contribution in [0.1, 0.15) is 11.3 Å². The first-order valence-electron chi connectivity index (χ1n) is 9.90. The summed E-state index contributed by atoms with van der Waals surface area (Å²) in [7, 11) is 0. The van der Waals surface area contributed by atoms with Crippen molar-refractivity contribution in [1.82, 2.24) is 14.5 Å². The molecule has 5 aromatic rings. The summed E-state index contributed by atoms with van der Waals surface area (Å²) in [5.41, 5.74) is 4.30. The summed E-state index contributed by atoms with van der Waals surface area (Å²) in [6.07, 6.45) is 1.66. The Kier molecular flexibility index (Phi) is 5.14. The average Bonchev–Trinajstić information content (AvgIpc) is 3.28. The fourth-order valence-corrected chi connectivity index (χ4v) is 4.24. The zero-order chi connectivity index (χ0) is 21.2. The van der Waals surface area contributed by atoms with E-state index in [1.54, 1.807) is 10.8 Å². The molecule has 0 amide bonds. The SMILES string of the molecule is Cc1ccc(-c2nc(CSc3nc4ccccc4c(=O)n3-c3ccccc3)co2)cc1. The van der Waals surface area contributed by atoms with E-state index in [0.29, 0.717) is 27.7 Å². The lowest BCUT2D eigenvalue weighted by Crippen LogP contribution is -2.21. The van der Waals surface area contributed by atoms with Crippen LogP contribution >= 0.6 is 11.8 Å². The number of nitrogens with zero attached hydrogens (tertiary/aromatic N) is 3. The van der Waals surface area contributed by atoms with E-state index in [2.05, 4.69) is 4.98 Å². The molecule has 0 bridgehead atoms. The Balaban J connectivity index is 1.49. The van der Waals surface area contributed by atoms with Gasteiger partial charge in [0.05, 0.1) is 22.3 Å². The van der Waals surface area contributed by atoms with E-state index in [1.165, 1.54) is 17.3 Å². The number of hydrogen-bond donors (Lipinski definition) is 0. The summed E-state index contributed by atoms with van der Waals surface area (Å²) < 4.78 is 7.34. The molecule has 0 spiro atoms. The predicted molar refractivity (Wildman–Crippen MR) is 124 cm³/mol. The molecule has 31 heavy (non-hydrogen) atoms. The van der Waals surface area contributed by atoms with Gasteiger partial charge in [-0.05, 0) is 43.3 Å². The monoisotopic (exact) mass is 425 g/mol. The van der Waals surface area contributed by atoms with Crippen molar-refractivity contribution in [2.24, 2.45) is 0 Å². The van der Waals surface area contributed by atoms with E-state index < -0.39 is 0 Å². The van der Waals surface area contributed by atoms with Gasteiger partial charge in [-0.15, -0.1) is 0 Å². The molecule has 0 aliphatic heterocycles. The molecule has 0 aliphatic carbocycles. The minimum Gasteiger partial charge on any atom is -0.444 e. The van der Waals surface area contributed by atoms with E-state index in [9.17, 15) is 4.79 Å². The van der Waals surface area contributed by atoms with Crippen molar-refractivity contribution in [3.63, 3.8) is 0 Å². The summed E-state index contributed by atoms with van der Waals surface area (Å²) in [5, 5.41) is 1.22. The van der Waals surface area contributed by atoms with Crippen molar-refractivity contribution in [3.8, 4) is 17.1 Å². The highest BCUT2D eigenvalue weighted by molar-refractivity contribution is 7.98. The van der Waals surface area contributed by atoms with E-state index in [-0.39, 0.29) is 5.56 Å². The van der Waals surface area contributed by atoms with Crippen molar-refractivity contribution in [3.05, 3.63) is 107 Å². The number of benzene rings is 3. The van der Waals surface area contributed by atoms with Gasteiger partial charge in [0.1, 0.15) is 6.26 Å². The molecule has 3 aromatic carbocycles. The molecule has 2 heterocycles. The molecule has 0 aliphatic rings. The smallest absolute Gasteiger partial charge is 0.266 e. The maximum Gasteiger partial charge on any atom is 0.266 e. The van der Waals surface area contributed by atoms with Gasteiger partial charge in [-0.1, -0.05) is 59.8 Å². The van der Waals surface area contributed by atoms with Crippen LogP contribution in [-0.2, 0) is 5.75 Å². The standard InChI is InChI=1S/C25H19N3O2S/c1-17-11-13-18(14-12-17)23-26-19(15-30-23)16-31-25-27-22-10-6-5-9-21(22)24(29)28(25)20-7-3-2-4-8-20/h2-15H,16H2,1H3. The number of hydrogen-bond acceptors (Lipinski definition) is 5. The Morgan fingerprint density at radius 3 is 2.45 bits per heavy atom. The molecular formula is C25H19N3O2S. The molecule has 0 N–H and O–H groups in total. The molecule has 0 radical (unpaired) electrons. The van der Waals surface area contributed by atoms with Crippen LogP contribution in [-0.4, -0.2) is 14.5 Å². The van der Waals surface area contributed by atoms with Gasteiger partial charge in [0.25, 0.3) is 5.56 Å². The Morgan fingerprint density at radius 1 is 0.903 bits per heavy atom. The van der Waals surface area contributed by atoms with Gasteiger partial charge in [-0.3, -0.25) is 9.36 Å². The Bertz CT molecular complexity index is 1410. The first-order chi connectivity index (χ1) is 15.2. The van der Waals surface area contributed by atoms with E-state index in [4.69, 9.17) is 9.40 Å². The number of aromatic nitrogens is 3. The van der Waals surface area contributed by atoms with Crippen LogP contribution in [0.5, 0.6) is 0 Å². The van der Waals surface area contributed by atoms with Crippen LogP contribution in [0, 0.1) is 6.92 Å². The van der Waals surface area contributed by atoms with Gasteiger partial charge in [0, 0.05) is 11.3 Å². The summed E-state index contributed by atoms with van der Waals surface area (Å²) in [6.45, 7) is 2.05. The number of thioether (sulfide) groups is 1. The highest BCUT2D eigenvalue weighted by Gasteiger charge is 2.14. The molecule has 0 saturated heterocycles. The fraction of sp³-hybridized carbons (Fsp3) is 0.0800. The number of rotatable bonds is 5. The van der Waals surface area contributed by atoms with E-state index >= 15 is 0 Å². The van der Waals surface area contributed by atoms with Crippen LogP contribution in [0.15, 0.2) is 99.5 Å². The van der Waals surface area contributed by atoms with Gasteiger partial charge in [-0.25, -0.2) is 9.97 Å². The van der Waals surface area contributed by atoms with Crippen molar-refractivity contribution in [2.45, 2.75) is 17.8 Å². The first kappa shape index (κ1) is 19.3. The maximum absolute atomic E-state index is 13.3. The van der Waals surface area contributed by atoms with E-state index in [1.807, 2.05) is 85.8 Å². The number of aryl methyl sites for hydroxylation is 1. The highest BCUT2D eigenvalue weighted by Crippen LogP contribution is 2.26. The number of oxazole rings is 1. The maximum atomic E-state index is 13.3. The summed E-state index contributed by atoms with van der Waals surface area (Å²) in [5.74, 6) is 1.12. The minimum absolute atomic E-state index is 0.0835. The molecular weight excluding hydrogens is 406 g/mol. The van der Waals surface area contributed by atoms with Crippen molar-refractivity contribution < 1.29 is 4.42 Å². The largest absolute Gasteiger partial charge is 0.444 e. The molecule has 0 fully saturated rings. The van der Waals surface area contributed by atoms with Gasteiger partial charge < -0.3 is 4.42 Å². The lowest BCUT2D eigenvalue weighted by atomic mass is 10.1. The zero-order valence-electron chi connectivity index (χ0n) is 16.9. The zero-order valence-corrected chi connectivity index (χ0v) is 17.7. The van der Waals surface area contributed by atoms with Gasteiger partial charge >= 0.3 is 0 Å². The third kappa shape index (κ3) is 3.90. The van der Waals surface area contributed by atoms with E-state index in [0.717, 1.165) is 16.9 Å². The second-order valence-electron chi connectivity index (χ2n) is 7.19. The number of fused-ring (bicyclic) bond motifs is 1. The molecule has 0 atom stereocenters. The second-order valence-corrected chi connectivity index (χ2v) is 8.13. The highest BCUT2D eigenvalue weighted by atomic mass is 32.2. The molecule has 152 valence electrons.